The summed E-state index contributed by atoms with van der Waals surface area (Å²) in [4.78, 5) is 59.3. The van der Waals surface area contributed by atoms with E-state index in [9.17, 15) is 18.8 Å². The number of hydrogen-bond acceptors (Lipinski definition) is 14. The third kappa shape index (κ3) is 7.45. The Labute approximate surface area is 231 Å². The first-order chi connectivity index (χ1) is 19.3. The van der Waals surface area contributed by atoms with Gasteiger partial charge in [-0.1, -0.05) is 0 Å². The van der Waals surface area contributed by atoms with Crippen LogP contribution in [0.5, 0.6) is 0 Å². The molecule has 1 saturated carbocycles. The molecular weight excluding hydrogens is 588 g/mol. The fourth-order valence-electron chi connectivity index (χ4n) is 4.89. The van der Waals surface area contributed by atoms with Crippen molar-refractivity contribution in [3.05, 3.63) is 29.1 Å². The van der Waals surface area contributed by atoms with Crippen molar-refractivity contribution in [2.75, 3.05) is 30.0 Å². The van der Waals surface area contributed by atoms with Gasteiger partial charge in [0.2, 0.25) is 5.95 Å². The minimum atomic E-state index is -4.83. The van der Waals surface area contributed by atoms with Crippen LogP contribution in [0.2, 0.25) is 0 Å². The van der Waals surface area contributed by atoms with Crippen LogP contribution in [0, 0.1) is 5.92 Å². The molecule has 0 amide bonds. The van der Waals surface area contributed by atoms with E-state index in [2.05, 4.69) is 34.8 Å². The second kappa shape index (κ2) is 11.7. The topological polar surface area (TPSA) is 285 Å². The number of imidazole rings is 1. The molecule has 19 nitrogen and oxygen atoms in total. The number of aromatic amines is 1. The first-order valence-electron chi connectivity index (χ1n) is 12.4. The highest BCUT2D eigenvalue weighted by Crippen LogP contribution is 2.50. The highest BCUT2D eigenvalue weighted by atomic mass is 31.2. The number of nitrogen functional groups attached to an aromatic ring is 2. The average molecular weight is 617 g/mol. The van der Waals surface area contributed by atoms with Crippen LogP contribution in [-0.2, 0) is 27.4 Å². The number of hydrogen-bond donors (Lipinski definition) is 7. The Kier molecular flexibility index (Phi) is 8.43. The largest absolute Gasteiger partial charge is 0.472 e. The minimum Gasteiger partial charge on any atom is -0.384 e. The number of fused-ring (bicyclic) bond motifs is 1. The molecule has 2 aliphatic rings. The molecule has 0 bridgehead atoms. The second-order valence-corrected chi connectivity index (χ2v) is 12.3. The van der Waals surface area contributed by atoms with Gasteiger partial charge in [-0.05, 0) is 25.2 Å². The third-order valence-corrected chi connectivity index (χ3v) is 8.12. The number of rotatable bonds is 11. The number of aromatic nitrogens is 6. The molecule has 6 atom stereocenters. The summed E-state index contributed by atoms with van der Waals surface area (Å²) in [6, 6.07) is 1.67. The molecule has 3 aromatic heterocycles. The van der Waals surface area contributed by atoms with E-state index < -0.39 is 46.2 Å². The number of nitrogens with one attached hydrogen (secondary N) is 2. The molecular formula is C20H29N9O10P2. The fourth-order valence-corrected chi connectivity index (χ4v) is 6.24. The molecule has 2 unspecified atom stereocenters. The number of nitrogens with zero attached hydrogens (tertiary/aromatic N) is 5. The molecule has 224 valence electrons. The first kappa shape index (κ1) is 29.5. The molecule has 1 aliphatic heterocycles. The molecule has 3 aromatic rings. The van der Waals surface area contributed by atoms with Gasteiger partial charge >= 0.3 is 15.6 Å². The Bertz CT molecular complexity index is 1550. The van der Waals surface area contributed by atoms with Crippen LogP contribution in [0.1, 0.15) is 31.9 Å². The van der Waals surface area contributed by atoms with Crippen molar-refractivity contribution >= 4 is 44.4 Å². The Morgan fingerprint density at radius 2 is 1.93 bits per heavy atom. The van der Waals surface area contributed by atoms with Gasteiger partial charge in [0.15, 0.2) is 17.4 Å². The van der Waals surface area contributed by atoms with Crippen LogP contribution in [0.4, 0.5) is 17.6 Å². The van der Waals surface area contributed by atoms with Gasteiger partial charge in [0.05, 0.1) is 25.6 Å². The van der Waals surface area contributed by atoms with Crippen LogP contribution in [0.25, 0.3) is 11.2 Å². The summed E-state index contributed by atoms with van der Waals surface area (Å²) in [6.45, 7) is -0.614. The lowest BCUT2D eigenvalue weighted by Gasteiger charge is -2.23. The second-order valence-electron chi connectivity index (χ2n) is 9.70. The van der Waals surface area contributed by atoms with Gasteiger partial charge in [0, 0.05) is 18.5 Å². The molecule has 1 aliphatic carbocycles. The van der Waals surface area contributed by atoms with E-state index in [0.29, 0.717) is 18.1 Å². The van der Waals surface area contributed by atoms with Gasteiger partial charge in [-0.25, -0.2) is 24.1 Å². The number of ether oxygens (including phenoxy) is 1. The van der Waals surface area contributed by atoms with Crippen molar-refractivity contribution in [2.45, 2.75) is 50.2 Å². The zero-order chi connectivity index (χ0) is 29.4. The van der Waals surface area contributed by atoms with Crippen LogP contribution in [0.3, 0.4) is 0 Å². The van der Waals surface area contributed by atoms with E-state index in [0.717, 1.165) is 12.8 Å². The van der Waals surface area contributed by atoms with Crippen LogP contribution >= 0.6 is 15.6 Å². The van der Waals surface area contributed by atoms with E-state index in [4.69, 9.17) is 35.0 Å². The van der Waals surface area contributed by atoms with Gasteiger partial charge in [-0.2, -0.15) is 4.98 Å². The lowest BCUT2D eigenvalue weighted by Crippen LogP contribution is -2.23. The predicted molar refractivity (Wildman–Crippen MR) is 141 cm³/mol. The van der Waals surface area contributed by atoms with Crippen molar-refractivity contribution in [1.29, 1.82) is 0 Å². The summed E-state index contributed by atoms with van der Waals surface area (Å²) in [5, 5.41) is 3.26. The van der Waals surface area contributed by atoms with Crippen LogP contribution < -0.4 is 22.3 Å². The predicted octanol–water partition coefficient (Wildman–Crippen LogP) is 0.254. The van der Waals surface area contributed by atoms with Gasteiger partial charge < -0.3 is 36.2 Å². The summed E-state index contributed by atoms with van der Waals surface area (Å²) < 4.78 is 46.6. The number of phosphoric ester groups is 2. The van der Waals surface area contributed by atoms with Crippen molar-refractivity contribution < 1.29 is 42.1 Å². The molecule has 1 saturated heterocycles. The maximum absolute atomic E-state index is 13.0. The van der Waals surface area contributed by atoms with Crippen molar-refractivity contribution in [3.8, 4) is 0 Å². The Morgan fingerprint density at radius 3 is 2.68 bits per heavy atom. The molecule has 2 fully saturated rings. The zero-order valence-corrected chi connectivity index (χ0v) is 23.1. The van der Waals surface area contributed by atoms with Gasteiger partial charge in [-0.15, -0.1) is 0 Å². The highest BCUT2D eigenvalue weighted by molar-refractivity contribution is 7.47. The maximum Gasteiger partial charge on any atom is 0.472 e. The lowest BCUT2D eigenvalue weighted by atomic mass is 10.1. The van der Waals surface area contributed by atoms with Crippen molar-refractivity contribution in [2.24, 2.45) is 5.92 Å². The fraction of sp³-hybridized carbons (Fsp3) is 0.550. The Hall–Kier alpha value is -2.99. The van der Waals surface area contributed by atoms with E-state index in [-0.39, 0.29) is 42.1 Å². The Morgan fingerprint density at radius 1 is 1.12 bits per heavy atom. The molecule has 0 radical (unpaired) electrons. The van der Waals surface area contributed by atoms with Gasteiger partial charge in [0.1, 0.15) is 24.1 Å². The number of phosphoric acid groups is 2. The highest BCUT2D eigenvalue weighted by Gasteiger charge is 2.43. The Balaban J connectivity index is 1.25. The minimum absolute atomic E-state index is 0.00466. The monoisotopic (exact) mass is 617 g/mol. The summed E-state index contributed by atoms with van der Waals surface area (Å²) in [7, 11) is -9.49. The maximum atomic E-state index is 13.0. The van der Waals surface area contributed by atoms with Crippen molar-refractivity contribution in [1.82, 2.24) is 29.5 Å². The summed E-state index contributed by atoms with van der Waals surface area (Å²) in [5.74, 6) is 0.658. The van der Waals surface area contributed by atoms with Crippen molar-refractivity contribution in [3.63, 3.8) is 0 Å². The zero-order valence-electron chi connectivity index (χ0n) is 21.3. The summed E-state index contributed by atoms with van der Waals surface area (Å²) >= 11 is 0. The first-order valence-corrected chi connectivity index (χ1v) is 15.5. The normalized spacial score (nSPS) is 26.4. The van der Waals surface area contributed by atoms with E-state index >= 15 is 0 Å². The number of nitrogens with two attached hydrogens (primary N) is 2. The quantitative estimate of drug-likeness (QED) is 0.142. The molecule has 4 heterocycles. The molecule has 41 heavy (non-hydrogen) atoms. The van der Waals surface area contributed by atoms with Gasteiger partial charge in [-0.3, -0.25) is 27.9 Å². The average Bonchev–Trinajstić information content (AvgIpc) is 3.59. The SMILES string of the molecule is Nc1cc(N[C@H]2CC[C@@H](COP(=O)(O)O[C@@H]3CC(COP(=O)(O)O)O[C@H]3n3cnc4c(=O)[nH]c(N)nc43)C2)ncn1. The smallest absolute Gasteiger partial charge is 0.384 e. The number of H-pyrrole nitrogens is 1. The third-order valence-electron chi connectivity index (χ3n) is 6.62. The molecule has 9 N–H and O–H groups in total. The summed E-state index contributed by atoms with van der Waals surface area (Å²) in [6.07, 6.45) is 1.24. The molecule has 0 spiro atoms. The standard InChI is InChI=1S/C20H29N9O10P2/c21-14-5-15(24-8-23-14)26-11-2-1-10(3-11)6-37-41(34,35)39-13-4-12(7-36-40(31,32)33)38-19(13)29-9-25-16-17(29)27-20(22)28-18(16)30/h5,8-13,19H,1-4,6-7H2,(H,34,35)(H2,31,32,33)(H3,21,23,24,26)(H3,22,27,28,30)/t10-,11+,12?,13-,19-/m1/s1. The van der Waals surface area contributed by atoms with E-state index in [1.807, 2.05) is 0 Å². The van der Waals surface area contributed by atoms with Crippen LogP contribution in [0.15, 0.2) is 23.5 Å². The van der Waals surface area contributed by atoms with Crippen LogP contribution in [-0.4, -0.2) is 75.6 Å². The lowest BCUT2D eigenvalue weighted by molar-refractivity contribution is -0.0490. The molecule has 21 heteroatoms. The van der Waals surface area contributed by atoms with E-state index in [1.54, 1.807) is 6.07 Å². The van der Waals surface area contributed by atoms with E-state index in [1.165, 1.54) is 17.2 Å². The van der Waals surface area contributed by atoms with Gasteiger partial charge in [0.25, 0.3) is 5.56 Å². The molecule has 0 aromatic carbocycles. The molecule has 5 rings (SSSR count). The summed E-state index contributed by atoms with van der Waals surface area (Å²) in [5.41, 5.74) is 10.7. The number of anilines is 3.